The number of benzene rings is 3. The van der Waals surface area contributed by atoms with Crippen LogP contribution in [0.3, 0.4) is 0 Å². The van der Waals surface area contributed by atoms with Gasteiger partial charge in [-0.05, 0) is 66.9 Å². The van der Waals surface area contributed by atoms with Crippen LogP contribution in [0.15, 0.2) is 72.8 Å². The minimum atomic E-state index is -0.988. The fourth-order valence-corrected chi connectivity index (χ4v) is 2.66. The Morgan fingerprint density at radius 1 is 0.852 bits per heavy atom. The maximum Gasteiger partial charge on any atom is 0.345 e. The number of ether oxygens (including phenoxy) is 2. The van der Waals surface area contributed by atoms with Crippen LogP contribution in [0.5, 0.6) is 17.2 Å². The van der Waals surface area contributed by atoms with E-state index in [1.54, 1.807) is 6.07 Å². The van der Waals surface area contributed by atoms with E-state index in [1.165, 1.54) is 0 Å². The molecule has 1 atom stereocenters. The molecule has 3 aromatic carbocycles. The van der Waals surface area contributed by atoms with Gasteiger partial charge in [-0.3, -0.25) is 0 Å². The highest BCUT2D eigenvalue weighted by atomic mass is 16.5. The van der Waals surface area contributed by atoms with E-state index in [0.717, 1.165) is 22.4 Å². The lowest BCUT2D eigenvalue weighted by Gasteiger charge is -2.16. The molecule has 138 valence electrons. The van der Waals surface area contributed by atoms with E-state index in [2.05, 4.69) is 0 Å². The number of carboxylic acids is 1. The molecule has 0 bridgehead atoms. The molecule has 0 aliphatic heterocycles. The van der Waals surface area contributed by atoms with Gasteiger partial charge in [0.2, 0.25) is 0 Å². The van der Waals surface area contributed by atoms with Crippen LogP contribution in [-0.2, 0) is 11.2 Å². The normalized spacial score (nSPS) is 11.6. The van der Waals surface area contributed by atoms with E-state index in [4.69, 9.17) is 9.47 Å². The third-order valence-electron chi connectivity index (χ3n) is 4.36. The van der Waals surface area contributed by atoms with Gasteiger partial charge in [0.1, 0.15) is 17.2 Å². The van der Waals surface area contributed by atoms with E-state index in [9.17, 15) is 9.90 Å². The second kappa shape index (κ2) is 8.41. The zero-order valence-electron chi connectivity index (χ0n) is 15.4. The first-order chi connectivity index (χ1) is 13.0. The van der Waals surface area contributed by atoms with Gasteiger partial charge >= 0.3 is 5.97 Å². The van der Waals surface area contributed by atoms with E-state index in [1.807, 2.05) is 80.6 Å². The molecule has 0 spiro atoms. The average molecular weight is 362 g/mol. The maximum absolute atomic E-state index is 11.6. The largest absolute Gasteiger partial charge is 0.478 e. The highest BCUT2D eigenvalue weighted by Gasteiger charge is 2.20. The van der Waals surface area contributed by atoms with E-state index in [-0.39, 0.29) is 6.42 Å². The predicted octanol–water partition coefficient (Wildman–Crippen LogP) is 5.17. The summed E-state index contributed by atoms with van der Waals surface area (Å²) in [7, 11) is 0. The summed E-state index contributed by atoms with van der Waals surface area (Å²) in [5.41, 5.74) is 3.08. The van der Waals surface area contributed by atoms with Gasteiger partial charge in [0.15, 0.2) is 6.10 Å². The smallest absolute Gasteiger partial charge is 0.345 e. The van der Waals surface area contributed by atoms with Crippen molar-refractivity contribution in [2.75, 3.05) is 0 Å². The lowest BCUT2D eigenvalue weighted by Crippen LogP contribution is -2.29. The zero-order valence-corrected chi connectivity index (χ0v) is 15.4. The van der Waals surface area contributed by atoms with Gasteiger partial charge in [-0.15, -0.1) is 0 Å². The summed E-state index contributed by atoms with van der Waals surface area (Å²) in [6, 6.07) is 22.5. The van der Waals surface area contributed by atoms with Crippen molar-refractivity contribution in [1.82, 2.24) is 0 Å². The summed E-state index contributed by atoms with van der Waals surface area (Å²) < 4.78 is 11.5. The lowest BCUT2D eigenvalue weighted by atomic mass is 10.1. The molecule has 0 heterocycles. The molecular weight excluding hydrogens is 340 g/mol. The molecule has 27 heavy (non-hydrogen) atoms. The standard InChI is InChI=1S/C23H22O4/c1-16-8-11-21(14-17(16)2)27-22(23(24)25)15-18-9-12-20(13-10-18)26-19-6-4-3-5-7-19/h3-14,22H,15H2,1-2H3,(H,24,25)/t22-/m0/s1. The molecule has 0 saturated heterocycles. The molecule has 1 N–H and O–H groups in total. The third kappa shape index (κ3) is 5.11. The van der Waals surface area contributed by atoms with Gasteiger partial charge in [-0.25, -0.2) is 4.79 Å². The molecule has 0 aromatic heterocycles. The quantitative estimate of drug-likeness (QED) is 0.630. The van der Waals surface area contributed by atoms with Gasteiger partial charge in [0.25, 0.3) is 0 Å². The third-order valence-corrected chi connectivity index (χ3v) is 4.36. The average Bonchev–Trinajstić information content (AvgIpc) is 2.66. The van der Waals surface area contributed by atoms with Gasteiger partial charge in [-0.1, -0.05) is 36.4 Å². The first-order valence-electron chi connectivity index (χ1n) is 8.80. The molecule has 3 rings (SSSR count). The van der Waals surface area contributed by atoms with E-state index in [0.29, 0.717) is 11.5 Å². The van der Waals surface area contributed by atoms with Gasteiger partial charge < -0.3 is 14.6 Å². The van der Waals surface area contributed by atoms with Crippen molar-refractivity contribution in [3.8, 4) is 17.2 Å². The number of rotatable bonds is 7. The summed E-state index contributed by atoms with van der Waals surface area (Å²) in [5.74, 6) is 1.03. The van der Waals surface area contributed by atoms with Gasteiger partial charge in [0, 0.05) is 6.42 Å². The SMILES string of the molecule is Cc1ccc(O[C@@H](Cc2ccc(Oc3ccccc3)cc2)C(=O)O)cc1C. The van der Waals surface area contributed by atoms with Crippen molar-refractivity contribution < 1.29 is 19.4 Å². The van der Waals surface area contributed by atoms with Crippen molar-refractivity contribution >= 4 is 5.97 Å². The topological polar surface area (TPSA) is 55.8 Å². The number of carbonyl (C=O) groups is 1. The van der Waals surface area contributed by atoms with E-state index >= 15 is 0 Å². The Balaban J connectivity index is 1.67. The minimum absolute atomic E-state index is 0.272. The van der Waals surface area contributed by atoms with Crippen LogP contribution in [0.4, 0.5) is 0 Å². The second-order valence-electron chi connectivity index (χ2n) is 6.45. The molecule has 0 aliphatic rings. The zero-order chi connectivity index (χ0) is 19.2. The number of aryl methyl sites for hydroxylation is 2. The summed E-state index contributed by atoms with van der Waals surface area (Å²) in [6.45, 7) is 3.98. The Labute approximate surface area is 159 Å². The number of aliphatic carboxylic acids is 1. The van der Waals surface area contributed by atoms with E-state index < -0.39 is 12.1 Å². The summed E-state index contributed by atoms with van der Waals surface area (Å²) >= 11 is 0. The fraction of sp³-hybridized carbons (Fsp3) is 0.174. The Morgan fingerprint density at radius 2 is 1.48 bits per heavy atom. The second-order valence-corrected chi connectivity index (χ2v) is 6.45. The number of hydrogen-bond donors (Lipinski definition) is 1. The number of hydrogen-bond acceptors (Lipinski definition) is 3. The van der Waals surface area contributed by atoms with Crippen LogP contribution in [0.1, 0.15) is 16.7 Å². The summed E-state index contributed by atoms with van der Waals surface area (Å²) in [4.78, 5) is 11.6. The van der Waals surface area contributed by atoms with Crippen LogP contribution in [0.25, 0.3) is 0 Å². The Kier molecular flexibility index (Phi) is 5.77. The number of para-hydroxylation sites is 1. The molecule has 0 radical (unpaired) electrons. The van der Waals surface area contributed by atoms with Gasteiger partial charge in [-0.2, -0.15) is 0 Å². The summed E-state index contributed by atoms with van der Waals surface area (Å²) in [6.07, 6.45) is -0.679. The van der Waals surface area contributed by atoms with Crippen molar-refractivity contribution in [3.63, 3.8) is 0 Å². The molecule has 0 amide bonds. The van der Waals surface area contributed by atoms with Crippen LogP contribution >= 0.6 is 0 Å². The lowest BCUT2D eigenvalue weighted by molar-refractivity contribution is -0.145. The monoisotopic (exact) mass is 362 g/mol. The summed E-state index contributed by atoms with van der Waals surface area (Å²) in [5, 5.41) is 9.52. The van der Waals surface area contributed by atoms with Gasteiger partial charge in [0.05, 0.1) is 0 Å². The fourth-order valence-electron chi connectivity index (χ4n) is 2.66. The van der Waals surface area contributed by atoms with Crippen molar-refractivity contribution in [2.45, 2.75) is 26.4 Å². The van der Waals surface area contributed by atoms with Crippen molar-refractivity contribution in [3.05, 3.63) is 89.5 Å². The Morgan fingerprint density at radius 3 is 2.11 bits per heavy atom. The molecule has 4 nitrogen and oxygen atoms in total. The maximum atomic E-state index is 11.6. The predicted molar refractivity (Wildman–Crippen MR) is 105 cm³/mol. The molecule has 0 saturated carbocycles. The molecule has 0 aliphatic carbocycles. The van der Waals surface area contributed by atoms with Crippen LogP contribution < -0.4 is 9.47 Å². The first-order valence-corrected chi connectivity index (χ1v) is 8.80. The number of carboxylic acid groups (broad SMARTS) is 1. The first kappa shape index (κ1) is 18.5. The molecule has 3 aromatic rings. The minimum Gasteiger partial charge on any atom is -0.478 e. The van der Waals surface area contributed by atoms with Crippen LogP contribution in [0.2, 0.25) is 0 Å². The molecule has 4 heteroatoms. The molecule has 0 unspecified atom stereocenters. The Bertz CT molecular complexity index is 901. The van der Waals surface area contributed by atoms with Crippen LogP contribution in [0, 0.1) is 13.8 Å². The van der Waals surface area contributed by atoms with Crippen molar-refractivity contribution in [2.24, 2.45) is 0 Å². The highest BCUT2D eigenvalue weighted by molar-refractivity contribution is 5.73. The molecule has 0 fully saturated rings. The highest BCUT2D eigenvalue weighted by Crippen LogP contribution is 2.23. The van der Waals surface area contributed by atoms with Crippen LogP contribution in [-0.4, -0.2) is 17.2 Å². The van der Waals surface area contributed by atoms with Crippen molar-refractivity contribution in [1.29, 1.82) is 0 Å². The Hall–Kier alpha value is -3.27. The molecular formula is C23H22O4.